The highest BCUT2D eigenvalue weighted by Gasteiger charge is 2.68. The number of halogens is 3. The number of alkyl halides is 3. The van der Waals surface area contributed by atoms with Crippen LogP contribution < -0.4 is 21.9 Å². The fourth-order valence-electron chi connectivity index (χ4n) is 3.01. The Bertz CT molecular complexity index is 1040. The largest absolute Gasteiger partial charge is 0.425 e. The molecular weight excluding hydrogens is 369 g/mol. The summed E-state index contributed by atoms with van der Waals surface area (Å²) in [5, 5.41) is 3.48. The van der Waals surface area contributed by atoms with E-state index in [1.165, 1.54) is 0 Å². The number of fused-ring (bicyclic) bond motifs is 1. The van der Waals surface area contributed by atoms with E-state index < -0.39 is 46.2 Å². The Kier molecular flexibility index (Phi) is 4.17. The van der Waals surface area contributed by atoms with Gasteiger partial charge in [-0.25, -0.2) is 4.79 Å². The molecule has 3 rings (SSSR count). The van der Waals surface area contributed by atoms with Crippen LogP contribution in [-0.4, -0.2) is 27.5 Å². The molecule has 1 aliphatic rings. The number of rotatable bonds is 3. The van der Waals surface area contributed by atoms with E-state index in [0.29, 0.717) is 5.56 Å². The molecule has 3 N–H and O–H groups in total. The van der Waals surface area contributed by atoms with Crippen LogP contribution in [0.4, 0.5) is 19.0 Å². The molecule has 0 aliphatic carbocycles. The Balaban J connectivity index is 2.30. The van der Waals surface area contributed by atoms with Crippen molar-refractivity contribution in [2.45, 2.75) is 25.2 Å². The molecule has 2 aromatic rings. The van der Waals surface area contributed by atoms with E-state index in [2.05, 4.69) is 0 Å². The average molecular weight is 382 g/mol. The number of carbonyl (C=O) groups is 2. The van der Waals surface area contributed by atoms with Crippen molar-refractivity contribution in [1.82, 2.24) is 14.9 Å². The quantitative estimate of drug-likeness (QED) is 0.715. The number of hydrogen-bond donors (Lipinski definition) is 3. The lowest BCUT2D eigenvalue weighted by molar-refractivity contribution is -0.200. The minimum atomic E-state index is -5.32. The van der Waals surface area contributed by atoms with Gasteiger partial charge in [0.1, 0.15) is 11.4 Å². The number of amides is 2. The summed E-state index contributed by atoms with van der Waals surface area (Å²) in [6.07, 6.45) is -5.32. The van der Waals surface area contributed by atoms with Gasteiger partial charge in [-0.1, -0.05) is 30.3 Å². The predicted octanol–water partition coefficient (Wildman–Crippen LogP) is 0.431. The fourth-order valence-corrected chi connectivity index (χ4v) is 3.01. The minimum absolute atomic E-state index is 0.201. The van der Waals surface area contributed by atoms with Gasteiger partial charge in [-0.05, 0) is 5.56 Å². The molecule has 27 heavy (non-hydrogen) atoms. The highest BCUT2D eigenvalue weighted by Crippen LogP contribution is 2.44. The summed E-state index contributed by atoms with van der Waals surface area (Å²) < 4.78 is 42.3. The van der Waals surface area contributed by atoms with Crippen LogP contribution in [0, 0.1) is 0 Å². The maximum absolute atomic E-state index is 13.8. The summed E-state index contributed by atoms with van der Waals surface area (Å²) in [6, 6.07) is 8.25. The number of aromatic amines is 1. The first kappa shape index (κ1) is 18.4. The fraction of sp³-hybridized carbons (Fsp3) is 0.250. The SMILES string of the molecule is CC(=O)N[C@@]1(C(F)(F)F)C(=O)Nc2c1c(=O)[nH]c(=O)n2Cc1ccccc1. The minimum Gasteiger partial charge on any atom is -0.331 e. The molecule has 11 heteroatoms. The molecule has 0 saturated carbocycles. The number of nitrogens with zero attached hydrogens (tertiary/aromatic N) is 1. The van der Waals surface area contributed by atoms with E-state index in [4.69, 9.17) is 0 Å². The standard InChI is InChI=1S/C16H13F3N4O4/c1-8(24)22-15(16(17,18)19)10-11(20-13(15)26)23(14(27)21-12(10)25)7-9-5-3-2-4-6-9/h2-6H,7H2,1H3,(H,20,26)(H,22,24)(H,21,25,27)/t15-/m1/s1. The second-order valence-corrected chi connectivity index (χ2v) is 5.94. The molecule has 142 valence electrons. The third-order valence-electron chi connectivity index (χ3n) is 4.12. The van der Waals surface area contributed by atoms with Crippen LogP contribution in [0.1, 0.15) is 18.1 Å². The van der Waals surface area contributed by atoms with E-state index in [0.717, 1.165) is 11.5 Å². The number of benzene rings is 1. The van der Waals surface area contributed by atoms with Crippen LogP contribution in [0.25, 0.3) is 0 Å². The van der Waals surface area contributed by atoms with Gasteiger partial charge in [0.2, 0.25) is 11.4 Å². The van der Waals surface area contributed by atoms with Crippen molar-refractivity contribution in [3.63, 3.8) is 0 Å². The zero-order valence-corrected chi connectivity index (χ0v) is 13.8. The van der Waals surface area contributed by atoms with E-state index in [-0.39, 0.29) is 6.54 Å². The van der Waals surface area contributed by atoms with E-state index in [9.17, 15) is 32.3 Å². The van der Waals surface area contributed by atoms with Gasteiger partial charge in [0.25, 0.3) is 11.5 Å². The number of carbonyl (C=O) groups excluding carboxylic acids is 2. The third kappa shape index (κ3) is 2.80. The van der Waals surface area contributed by atoms with Crippen LogP contribution in [0.15, 0.2) is 39.9 Å². The normalized spacial score (nSPS) is 18.7. The monoisotopic (exact) mass is 382 g/mol. The number of aromatic nitrogens is 2. The van der Waals surface area contributed by atoms with Crippen LogP contribution in [0.3, 0.4) is 0 Å². The van der Waals surface area contributed by atoms with Crippen LogP contribution in [-0.2, 0) is 21.7 Å². The summed E-state index contributed by atoms with van der Waals surface area (Å²) in [5.74, 6) is -3.45. The van der Waals surface area contributed by atoms with E-state index >= 15 is 0 Å². The highest BCUT2D eigenvalue weighted by molar-refractivity contribution is 6.07. The highest BCUT2D eigenvalue weighted by atomic mass is 19.4. The Labute approximate surface area is 149 Å². The van der Waals surface area contributed by atoms with Gasteiger partial charge in [0.05, 0.1) is 6.54 Å². The van der Waals surface area contributed by atoms with Gasteiger partial charge >= 0.3 is 11.9 Å². The molecular formula is C16H13F3N4O4. The van der Waals surface area contributed by atoms with Crippen LogP contribution >= 0.6 is 0 Å². The smallest absolute Gasteiger partial charge is 0.331 e. The van der Waals surface area contributed by atoms with Crippen molar-refractivity contribution in [2.75, 3.05) is 5.32 Å². The molecule has 0 saturated heterocycles. The first-order valence-electron chi connectivity index (χ1n) is 7.66. The molecule has 0 unspecified atom stereocenters. The van der Waals surface area contributed by atoms with Gasteiger partial charge in [0, 0.05) is 6.92 Å². The molecule has 1 aliphatic heterocycles. The Morgan fingerprint density at radius 3 is 2.37 bits per heavy atom. The average Bonchev–Trinajstić information content (AvgIpc) is 2.85. The first-order valence-corrected chi connectivity index (χ1v) is 7.66. The van der Waals surface area contributed by atoms with Crippen molar-refractivity contribution in [3.8, 4) is 0 Å². The van der Waals surface area contributed by atoms with Crippen molar-refractivity contribution >= 4 is 17.6 Å². The Morgan fingerprint density at radius 1 is 1.19 bits per heavy atom. The molecule has 0 bridgehead atoms. The molecule has 0 radical (unpaired) electrons. The number of H-pyrrole nitrogens is 1. The molecule has 0 fully saturated rings. The summed E-state index contributed by atoms with van der Waals surface area (Å²) >= 11 is 0. The zero-order valence-electron chi connectivity index (χ0n) is 13.8. The van der Waals surface area contributed by atoms with Crippen molar-refractivity contribution in [1.29, 1.82) is 0 Å². The molecule has 8 nitrogen and oxygen atoms in total. The van der Waals surface area contributed by atoms with Gasteiger partial charge in [-0.15, -0.1) is 0 Å². The van der Waals surface area contributed by atoms with Crippen LogP contribution in [0.5, 0.6) is 0 Å². The zero-order chi connectivity index (χ0) is 20.0. The molecule has 2 amide bonds. The number of nitrogens with one attached hydrogen (secondary N) is 3. The maximum Gasteiger partial charge on any atom is 0.425 e. The lowest BCUT2D eigenvalue weighted by Gasteiger charge is -2.29. The van der Waals surface area contributed by atoms with Crippen molar-refractivity contribution in [3.05, 3.63) is 62.3 Å². The first-order chi connectivity index (χ1) is 12.6. The number of hydrogen-bond acceptors (Lipinski definition) is 4. The summed E-state index contributed by atoms with van der Waals surface area (Å²) in [7, 11) is 0. The lowest BCUT2D eigenvalue weighted by atomic mass is 9.92. The van der Waals surface area contributed by atoms with Gasteiger partial charge in [0.15, 0.2) is 0 Å². The molecule has 1 atom stereocenters. The van der Waals surface area contributed by atoms with Gasteiger partial charge < -0.3 is 10.6 Å². The topological polar surface area (TPSA) is 113 Å². The maximum atomic E-state index is 13.8. The number of anilines is 1. The summed E-state index contributed by atoms with van der Waals surface area (Å²) in [4.78, 5) is 49.9. The van der Waals surface area contributed by atoms with E-state index in [1.54, 1.807) is 40.6 Å². The second kappa shape index (κ2) is 6.11. The predicted molar refractivity (Wildman–Crippen MR) is 87.0 cm³/mol. The Morgan fingerprint density at radius 2 is 1.81 bits per heavy atom. The van der Waals surface area contributed by atoms with E-state index in [1.807, 2.05) is 5.32 Å². The third-order valence-corrected chi connectivity index (χ3v) is 4.12. The lowest BCUT2D eigenvalue weighted by Crippen LogP contribution is -2.61. The van der Waals surface area contributed by atoms with Crippen molar-refractivity contribution < 1.29 is 22.8 Å². The Hall–Kier alpha value is -3.37. The molecule has 2 heterocycles. The van der Waals surface area contributed by atoms with Crippen LogP contribution in [0.2, 0.25) is 0 Å². The van der Waals surface area contributed by atoms with Gasteiger partial charge in [-0.3, -0.25) is 23.9 Å². The van der Waals surface area contributed by atoms with Gasteiger partial charge in [-0.2, -0.15) is 13.2 Å². The molecule has 1 aromatic carbocycles. The molecule has 1 aromatic heterocycles. The second-order valence-electron chi connectivity index (χ2n) is 5.94. The van der Waals surface area contributed by atoms with Crippen molar-refractivity contribution in [2.24, 2.45) is 0 Å². The molecule has 0 spiro atoms. The summed E-state index contributed by atoms with van der Waals surface area (Å²) in [5.41, 5.74) is -6.53. The summed E-state index contributed by atoms with van der Waals surface area (Å²) in [6.45, 7) is 0.583.